The first kappa shape index (κ1) is 16.7. The van der Waals surface area contributed by atoms with Crippen LogP contribution in [0.4, 0.5) is 5.82 Å². The third-order valence-corrected chi connectivity index (χ3v) is 5.13. The summed E-state index contributed by atoms with van der Waals surface area (Å²) in [6, 6.07) is 14.8. The number of pyridine rings is 1. The van der Waals surface area contributed by atoms with E-state index in [1.54, 1.807) is 47.4 Å². The number of halogens is 1. The van der Waals surface area contributed by atoms with Crippen LogP contribution in [0.25, 0.3) is 5.65 Å². The predicted molar refractivity (Wildman–Crippen MR) is 103 cm³/mol. The molecule has 0 radical (unpaired) electrons. The van der Waals surface area contributed by atoms with Gasteiger partial charge >= 0.3 is 0 Å². The quantitative estimate of drug-likeness (QED) is 0.527. The fourth-order valence-corrected chi connectivity index (χ4v) is 3.52. The second-order valence-electron chi connectivity index (χ2n) is 5.30. The summed E-state index contributed by atoms with van der Waals surface area (Å²) in [5, 5.41) is 7.70. The van der Waals surface area contributed by atoms with Gasteiger partial charge < -0.3 is 5.32 Å². The van der Waals surface area contributed by atoms with Crippen molar-refractivity contribution in [3.8, 4) is 0 Å². The van der Waals surface area contributed by atoms with E-state index in [9.17, 15) is 4.79 Å². The van der Waals surface area contributed by atoms with Gasteiger partial charge in [0.2, 0.25) is 0 Å². The van der Waals surface area contributed by atoms with Crippen molar-refractivity contribution in [3.05, 3.63) is 77.2 Å². The summed E-state index contributed by atoms with van der Waals surface area (Å²) in [5.41, 5.74) is 1.16. The van der Waals surface area contributed by atoms with E-state index < -0.39 is 0 Å². The van der Waals surface area contributed by atoms with E-state index in [-0.39, 0.29) is 5.91 Å². The Bertz CT molecular complexity index is 1080. The van der Waals surface area contributed by atoms with E-state index in [0.29, 0.717) is 22.1 Å². The van der Waals surface area contributed by atoms with Crippen LogP contribution >= 0.6 is 27.7 Å². The van der Waals surface area contributed by atoms with Gasteiger partial charge in [-0.1, -0.05) is 27.7 Å². The molecule has 3 aromatic heterocycles. The molecule has 8 heteroatoms. The van der Waals surface area contributed by atoms with Crippen LogP contribution in [0.5, 0.6) is 0 Å². The topological polar surface area (TPSA) is 72.2 Å². The van der Waals surface area contributed by atoms with Crippen molar-refractivity contribution in [2.45, 2.75) is 9.92 Å². The molecule has 4 rings (SSSR count). The van der Waals surface area contributed by atoms with E-state index in [1.165, 1.54) is 11.8 Å². The summed E-state index contributed by atoms with van der Waals surface area (Å²) >= 11 is 4.86. The second kappa shape index (κ2) is 7.27. The summed E-state index contributed by atoms with van der Waals surface area (Å²) in [5.74, 6) is 0.300. The molecule has 0 bridgehead atoms. The van der Waals surface area contributed by atoms with Crippen molar-refractivity contribution in [1.29, 1.82) is 0 Å². The summed E-state index contributed by atoms with van der Waals surface area (Å²) in [6.45, 7) is 0. The first-order valence-electron chi connectivity index (χ1n) is 7.69. The number of carbonyl (C=O) groups is 1. The van der Waals surface area contributed by atoms with E-state index in [1.807, 2.05) is 24.3 Å². The van der Waals surface area contributed by atoms with Crippen molar-refractivity contribution in [1.82, 2.24) is 19.6 Å². The highest BCUT2D eigenvalue weighted by Crippen LogP contribution is 2.30. The fourth-order valence-electron chi connectivity index (χ4n) is 2.37. The van der Waals surface area contributed by atoms with Crippen LogP contribution in [-0.4, -0.2) is 25.5 Å². The van der Waals surface area contributed by atoms with Crippen LogP contribution in [0.15, 0.2) is 81.5 Å². The number of hydrogen-bond acceptors (Lipinski definition) is 5. The number of nitrogens with one attached hydrogen (secondary N) is 1. The molecule has 1 aromatic carbocycles. The monoisotopic (exact) mass is 425 g/mol. The lowest BCUT2D eigenvalue weighted by atomic mass is 10.2. The minimum atomic E-state index is -0.249. The predicted octanol–water partition coefficient (Wildman–Crippen LogP) is 4.29. The van der Waals surface area contributed by atoms with Gasteiger partial charge in [0.1, 0.15) is 10.8 Å². The van der Waals surface area contributed by atoms with Gasteiger partial charge in [0, 0.05) is 27.8 Å². The average Bonchev–Trinajstić information content (AvgIpc) is 3.14. The van der Waals surface area contributed by atoms with Crippen molar-refractivity contribution in [2.75, 3.05) is 5.32 Å². The van der Waals surface area contributed by atoms with Crippen molar-refractivity contribution in [3.63, 3.8) is 0 Å². The van der Waals surface area contributed by atoms with E-state index in [2.05, 4.69) is 36.3 Å². The fraction of sp³-hybridized carbons (Fsp3) is 0. The maximum atomic E-state index is 12.8. The zero-order chi connectivity index (χ0) is 17.9. The van der Waals surface area contributed by atoms with Crippen molar-refractivity contribution in [2.24, 2.45) is 0 Å². The Morgan fingerprint density at radius 2 is 1.85 bits per heavy atom. The molecule has 0 atom stereocenters. The second-order valence-corrected chi connectivity index (χ2v) is 7.28. The molecule has 0 aliphatic heterocycles. The van der Waals surface area contributed by atoms with Crippen LogP contribution in [0, 0.1) is 0 Å². The minimum absolute atomic E-state index is 0.249. The lowest BCUT2D eigenvalue weighted by Crippen LogP contribution is -2.16. The summed E-state index contributed by atoms with van der Waals surface area (Å²) < 4.78 is 2.58. The molecule has 0 spiro atoms. The zero-order valence-corrected chi connectivity index (χ0v) is 15.7. The minimum Gasteiger partial charge on any atom is -0.306 e. The molecule has 6 nitrogen and oxygen atoms in total. The molecule has 0 saturated heterocycles. The normalized spacial score (nSPS) is 10.8. The Labute approximate surface area is 161 Å². The highest BCUT2D eigenvalue weighted by atomic mass is 79.9. The van der Waals surface area contributed by atoms with Gasteiger partial charge in [0.25, 0.3) is 5.91 Å². The van der Waals surface area contributed by atoms with Crippen molar-refractivity contribution >= 4 is 45.1 Å². The Balaban J connectivity index is 1.62. The SMILES string of the molecule is O=C(Nc1ccnc2ccnn12)c1cccnc1Sc1ccc(Br)cc1. The molecule has 4 aromatic rings. The number of fused-ring (bicyclic) bond motifs is 1. The highest BCUT2D eigenvalue weighted by Gasteiger charge is 2.15. The molecular formula is C18H12BrN5OS. The molecule has 3 heterocycles. The molecule has 128 valence electrons. The Morgan fingerprint density at radius 1 is 1.00 bits per heavy atom. The van der Waals surface area contributed by atoms with Crippen LogP contribution in [0.1, 0.15) is 10.4 Å². The number of aromatic nitrogens is 4. The number of carbonyl (C=O) groups excluding carboxylic acids is 1. The molecule has 0 saturated carbocycles. The van der Waals surface area contributed by atoms with Gasteiger partial charge in [0.05, 0.1) is 11.8 Å². The molecule has 1 N–H and O–H groups in total. The largest absolute Gasteiger partial charge is 0.306 e. The number of hydrogen-bond donors (Lipinski definition) is 1. The van der Waals surface area contributed by atoms with Gasteiger partial charge in [-0.25, -0.2) is 9.97 Å². The Hall–Kier alpha value is -2.71. The average molecular weight is 426 g/mol. The first-order chi connectivity index (χ1) is 12.7. The molecule has 0 aliphatic rings. The van der Waals surface area contributed by atoms with E-state index in [0.717, 1.165) is 9.37 Å². The van der Waals surface area contributed by atoms with Crippen LogP contribution in [-0.2, 0) is 0 Å². The van der Waals surface area contributed by atoms with Gasteiger partial charge in [0.15, 0.2) is 5.65 Å². The standard InChI is InChI=1S/C18H12BrN5OS/c19-12-3-5-13(6-4-12)26-18-14(2-1-9-21-18)17(25)23-16-7-10-20-15-8-11-22-24(15)16/h1-11H,(H,23,25). The number of nitrogens with zero attached hydrogens (tertiary/aromatic N) is 4. The van der Waals surface area contributed by atoms with Crippen molar-refractivity contribution < 1.29 is 4.79 Å². The molecule has 0 unspecified atom stereocenters. The summed E-state index contributed by atoms with van der Waals surface area (Å²) in [4.78, 5) is 22.4. The third kappa shape index (κ3) is 3.47. The number of rotatable bonds is 4. The zero-order valence-electron chi connectivity index (χ0n) is 13.3. The highest BCUT2D eigenvalue weighted by molar-refractivity contribution is 9.10. The van der Waals surface area contributed by atoms with E-state index >= 15 is 0 Å². The smallest absolute Gasteiger partial charge is 0.259 e. The Kier molecular flexibility index (Phi) is 4.68. The summed E-state index contributed by atoms with van der Waals surface area (Å²) in [7, 11) is 0. The van der Waals surface area contributed by atoms with Crippen LogP contribution in [0.3, 0.4) is 0 Å². The lowest BCUT2D eigenvalue weighted by Gasteiger charge is -2.10. The maximum absolute atomic E-state index is 12.8. The lowest BCUT2D eigenvalue weighted by molar-refractivity contribution is 0.102. The maximum Gasteiger partial charge on any atom is 0.259 e. The van der Waals surface area contributed by atoms with Gasteiger partial charge in [-0.05, 0) is 42.5 Å². The molecule has 1 amide bonds. The van der Waals surface area contributed by atoms with E-state index in [4.69, 9.17) is 0 Å². The third-order valence-electron chi connectivity index (χ3n) is 3.58. The first-order valence-corrected chi connectivity index (χ1v) is 9.30. The van der Waals surface area contributed by atoms with Gasteiger partial charge in [-0.3, -0.25) is 4.79 Å². The van der Waals surface area contributed by atoms with Gasteiger partial charge in [-0.15, -0.1) is 0 Å². The molecule has 0 aliphatic carbocycles. The summed E-state index contributed by atoms with van der Waals surface area (Å²) in [6.07, 6.45) is 4.94. The van der Waals surface area contributed by atoms with Gasteiger partial charge in [-0.2, -0.15) is 9.61 Å². The number of benzene rings is 1. The molecule has 26 heavy (non-hydrogen) atoms. The molecule has 0 fully saturated rings. The Morgan fingerprint density at radius 3 is 2.69 bits per heavy atom. The van der Waals surface area contributed by atoms with Crippen LogP contribution in [0.2, 0.25) is 0 Å². The van der Waals surface area contributed by atoms with Crippen LogP contribution < -0.4 is 5.32 Å². The molecular weight excluding hydrogens is 414 g/mol. The number of anilines is 1. The number of amides is 1.